The second-order valence-corrected chi connectivity index (χ2v) is 9.53. The molecule has 1 unspecified atom stereocenters. The molecule has 3 aromatic heterocycles. The fraction of sp³-hybridized carbons (Fsp3) is 0.389. The molecule has 4 rings (SSSR count). The van der Waals surface area contributed by atoms with Gasteiger partial charge in [-0.25, -0.2) is 9.97 Å². The number of carbonyl (C=O) groups excluding carboxylic acids is 1. The van der Waals surface area contributed by atoms with Crippen molar-refractivity contribution in [2.24, 2.45) is 0 Å². The average molecular weight is 405 g/mol. The zero-order valence-corrected chi connectivity index (χ0v) is 17.1. The number of hydrogen-bond donors (Lipinski definition) is 1. The Hall–Kier alpha value is -1.64. The summed E-state index contributed by atoms with van der Waals surface area (Å²) in [6.45, 7) is 4.94. The first-order valence-corrected chi connectivity index (χ1v) is 11.2. The van der Waals surface area contributed by atoms with E-state index in [1.165, 1.54) is 21.5 Å². The van der Waals surface area contributed by atoms with Crippen LogP contribution >= 0.6 is 34.4 Å². The summed E-state index contributed by atoms with van der Waals surface area (Å²) in [7, 11) is 0. The number of amides is 1. The fourth-order valence-corrected chi connectivity index (χ4v) is 6.08. The summed E-state index contributed by atoms with van der Waals surface area (Å²) in [5, 5.41) is 3.60. The molecule has 1 saturated heterocycles. The average Bonchev–Trinajstić information content (AvgIpc) is 3.33. The van der Waals surface area contributed by atoms with Crippen molar-refractivity contribution >= 4 is 56.4 Å². The zero-order valence-electron chi connectivity index (χ0n) is 14.7. The number of nitrogens with two attached hydrogens (primary N) is 1. The molecular weight excluding hydrogens is 384 g/mol. The summed E-state index contributed by atoms with van der Waals surface area (Å²) in [4.78, 5) is 27.2. The lowest BCUT2D eigenvalue weighted by atomic mass is 10.2. The van der Waals surface area contributed by atoms with E-state index in [9.17, 15) is 4.79 Å². The van der Waals surface area contributed by atoms with Crippen molar-refractivity contribution in [1.29, 1.82) is 0 Å². The lowest BCUT2D eigenvalue weighted by Gasteiger charge is -2.23. The topological polar surface area (TPSA) is 72.1 Å². The van der Waals surface area contributed by atoms with E-state index in [0.29, 0.717) is 16.7 Å². The molecule has 0 aromatic carbocycles. The summed E-state index contributed by atoms with van der Waals surface area (Å²) in [5.74, 6) is 0.993. The van der Waals surface area contributed by atoms with Gasteiger partial charge in [0, 0.05) is 16.3 Å². The summed E-state index contributed by atoms with van der Waals surface area (Å²) < 4.78 is 0. The molecular formula is C18H20N4OS3. The van der Waals surface area contributed by atoms with Gasteiger partial charge in [-0.15, -0.1) is 22.7 Å². The van der Waals surface area contributed by atoms with E-state index >= 15 is 0 Å². The molecule has 0 saturated carbocycles. The van der Waals surface area contributed by atoms with Gasteiger partial charge in [0.25, 0.3) is 0 Å². The Balaban J connectivity index is 1.48. The molecule has 1 amide bonds. The van der Waals surface area contributed by atoms with E-state index < -0.39 is 0 Å². The molecule has 1 aliphatic heterocycles. The van der Waals surface area contributed by atoms with Crippen LogP contribution in [0.25, 0.3) is 10.2 Å². The van der Waals surface area contributed by atoms with Crippen LogP contribution in [0.15, 0.2) is 22.7 Å². The standard InChI is InChI=1S/C18H20N4OS3/c1-10-11(2)26-17-15(10)16(19)20-18(21-17)25-9-14(23)22-7-3-5-12(22)13-6-4-8-24-13/h4,6,8,12H,3,5,7,9H2,1-2H3,(H2,19,20,21). The molecule has 1 fully saturated rings. The third-order valence-corrected chi connectivity index (χ3v) is 7.71. The number of hydrogen-bond acceptors (Lipinski definition) is 7. The van der Waals surface area contributed by atoms with Crippen molar-refractivity contribution in [1.82, 2.24) is 14.9 Å². The van der Waals surface area contributed by atoms with Gasteiger partial charge in [0.05, 0.1) is 17.2 Å². The van der Waals surface area contributed by atoms with E-state index in [2.05, 4.69) is 28.3 Å². The SMILES string of the molecule is Cc1sc2nc(SCC(=O)N3CCCC3c3cccs3)nc(N)c2c1C. The predicted octanol–water partition coefficient (Wildman–Crippen LogP) is 4.41. The van der Waals surface area contributed by atoms with Crippen molar-refractivity contribution in [2.45, 2.75) is 37.9 Å². The van der Waals surface area contributed by atoms with Crippen LogP contribution in [-0.2, 0) is 4.79 Å². The number of nitrogens with zero attached hydrogens (tertiary/aromatic N) is 3. The number of thioether (sulfide) groups is 1. The Morgan fingerprint density at radius 1 is 1.42 bits per heavy atom. The number of aromatic nitrogens is 2. The number of fused-ring (bicyclic) bond motifs is 1. The number of rotatable bonds is 4. The van der Waals surface area contributed by atoms with Crippen LogP contribution in [0.3, 0.4) is 0 Å². The molecule has 8 heteroatoms. The number of likely N-dealkylation sites (tertiary alicyclic amines) is 1. The second-order valence-electron chi connectivity index (χ2n) is 6.40. The van der Waals surface area contributed by atoms with Gasteiger partial charge in [-0.3, -0.25) is 4.79 Å². The molecule has 0 spiro atoms. The van der Waals surface area contributed by atoms with Crippen molar-refractivity contribution < 1.29 is 4.79 Å². The van der Waals surface area contributed by atoms with Crippen LogP contribution < -0.4 is 5.73 Å². The molecule has 136 valence electrons. The van der Waals surface area contributed by atoms with E-state index in [0.717, 1.165) is 35.2 Å². The normalized spacial score (nSPS) is 17.3. The number of anilines is 1. The summed E-state index contributed by atoms with van der Waals surface area (Å²) >= 11 is 4.72. The van der Waals surface area contributed by atoms with Crippen LogP contribution in [0.4, 0.5) is 5.82 Å². The maximum Gasteiger partial charge on any atom is 0.233 e. The maximum absolute atomic E-state index is 12.8. The molecule has 5 nitrogen and oxygen atoms in total. The van der Waals surface area contributed by atoms with Gasteiger partial charge >= 0.3 is 0 Å². The van der Waals surface area contributed by atoms with Gasteiger partial charge in [-0.1, -0.05) is 17.8 Å². The largest absolute Gasteiger partial charge is 0.383 e. The molecule has 4 heterocycles. The highest BCUT2D eigenvalue weighted by atomic mass is 32.2. The van der Waals surface area contributed by atoms with Crippen LogP contribution in [0.2, 0.25) is 0 Å². The highest BCUT2D eigenvalue weighted by molar-refractivity contribution is 7.99. The minimum atomic E-state index is 0.145. The molecule has 0 aliphatic carbocycles. The number of nitrogen functional groups attached to an aromatic ring is 1. The Kier molecular flexibility index (Phi) is 4.90. The maximum atomic E-state index is 12.8. The van der Waals surface area contributed by atoms with Crippen molar-refractivity contribution in [3.63, 3.8) is 0 Å². The third-order valence-electron chi connectivity index (χ3n) is 4.81. The van der Waals surface area contributed by atoms with Gasteiger partial charge in [0.2, 0.25) is 5.91 Å². The Morgan fingerprint density at radius 3 is 3.04 bits per heavy atom. The van der Waals surface area contributed by atoms with Gasteiger partial charge in [-0.05, 0) is 43.7 Å². The molecule has 1 aliphatic rings. The Bertz CT molecular complexity index is 951. The minimum absolute atomic E-state index is 0.145. The van der Waals surface area contributed by atoms with E-state index in [4.69, 9.17) is 5.73 Å². The number of carbonyl (C=O) groups is 1. The minimum Gasteiger partial charge on any atom is -0.383 e. The highest BCUT2D eigenvalue weighted by Gasteiger charge is 2.30. The van der Waals surface area contributed by atoms with E-state index in [-0.39, 0.29) is 11.9 Å². The first kappa shape index (κ1) is 17.8. The monoisotopic (exact) mass is 404 g/mol. The Morgan fingerprint density at radius 2 is 2.27 bits per heavy atom. The first-order chi connectivity index (χ1) is 12.5. The number of thiophene rings is 2. The predicted molar refractivity (Wildman–Crippen MR) is 110 cm³/mol. The van der Waals surface area contributed by atoms with Gasteiger partial charge < -0.3 is 10.6 Å². The number of aryl methyl sites for hydroxylation is 2. The summed E-state index contributed by atoms with van der Waals surface area (Å²) in [6, 6.07) is 4.39. The second kappa shape index (κ2) is 7.17. The molecule has 26 heavy (non-hydrogen) atoms. The molecule has 3 aromatic rings. The molecule has 0 radical (unpaired) electrons. The van der Waals surface area contributed by atoms with E-state index in [1.807, 2.05) is 17.9 Å². The third kappa shape index (κ3) is 3.21. The lowest BCUT2D eigenvalue weighted by Crippen LogP contribution is -2.31. The van der Waals surface area contributed by atoms with Crippen molar-refractivity contribution in [2.75, 3.05) is 18.0 Å². The summed E-state index contributed by atoms with van der Waals surface area (Å²) in [6.07, 6.45) is 2.10. The quantitative estimate of drug-likeness (QED) is 0.515. The summed E-state index contributed by atoms with van der Waals surface area (Å²) in [5.41, 5.74) is 7.28. The molecule has 1 atom stereocenters. The lowest BCUT2D eigenvalue weighted by molar-refractivity contribution is -0.129. The van der Waals surface area contributed by atoms with Gasteiger partial charge in [-0.2, -0.15) is 0 Å². The van der Waals surface area contributed by atoms with Crippen molar-refractivity contribution in [3.05, 3.63) is 32.8 Å². The van der Waals surface area contributed by atoms with E-state index in [1.54, 1.807) is 22.7 Å². The smallest absolute Gasteiger partial charge is 0.233 e. The van der Waals surface area contributed by atoms with Crippen molar-refractivity contribution in [3.8, 4) is 0 Å². The molecule has 0 bridgehead atoms. The zero-order chi connectivity index (χ0) is 18.3. The first-order valence-electron chi connectivity index (χ1n) is 8.53. The Labute approximate surface area is 164 Å². The molecule has 2 N–H and O–H groups in total. The van der Waals surface area contributed by atoms with Crippen LogP contribution in [-0.4, -0.2) is 33.1 Å². The van der Waals surface area contributed by atoms with Crippen LogP contribution in [0.5, 0.6) is 0 Å². The van der Waals surface area contributed by atoms with Gasteiger partial charge in [0.1, 0.15) is 10.6 Å². The van der Waals surface area contributed by atoms with Crippen LogP contribution in [0.1, 0.15) is 34.2 Å². The highest BCUT2D eigenvalue weighted by Crippen LogP contribution is 2.36. The fourth-order valence-electron chi connectivity index (χ4n) is 3.38. The van der Waals surface area contributed by atoms with Gasteiger partial charge in [0.15, 0.2) is 5.16 Å². The van der Waals surface area contributed by atoms with Crippen LogP contribution in [0, 0.1) is 13.8 Å².